The van der Waals surface area contributed by atoms with E-state index in [1.807, 2.05) is 0 Å². The summed E-state index contributed by atoms with van der Waals surface area (Å²) in [5, 5.41) is 143. The van der Waals surface area contributed by atoms with Gasteiger partial charge in [-0.15, -0.1) is 0 Å². The first-order valence-corrected chi connectivity index (χ1v) is 23.1. The smallest absolute Gasteiger partial charge is 0.223 e. The van der Waals surface area contributed by atoms with E-state index in [9.17, 15) is 81.1 Å². The molecule has 2 unspecified atom stereocenters. The molecule has 0 aromatic rings. The molecule has 66 heavy (non-hydrogen) atoms. The van der Waals surface area contributed by atoms with E-state index in [4.69, 9.17) is 28.4 Å². The third kappa shape index (κ3) is 10.4. The lowest BCUT2D eigenvalue weighted by Crippen LogP contribution is -2.67. The highest BCUT2D eigenvalue weighted by atomic mass is 16.7. The van der Waals surface area contributed by atoms with E-state index in [1.54, 1.807) is 0 Å². The number of hydrogen-bond donors (Lipinski definition) is 14. The van der Waals surface area contributed by atoms with E-state index < -0.39 is 136 Å². The molecule has 6 aliphatic heterocycles. The van der Waals surface area contributed by atoms with Crippen LogP contribution in [0.2, 0.25) is 0 Å². The lowest BCUT2D eigenvalue weighted by molar-refractivity contribution is -0.369. The summed E-state index contributed by atoms with van der Waals surface area (Å²) in [7, 11) is 0. The van der Waals surface area contributed by atoms with Crippen LogP contribution in [0.15, 0.2) is 0 Å². The average molecular weight is 955 g/mol. The quantitative estimate of drug-likeness (QED) is 0.0916. The maximum Gasteiger partial charge on any atom is 0.223 e. The number of aliphatic hydroxyl groups is 14. The van der Waals surface area contributed by atoms with Crippen molar-refractivity contribution in [3.63, 3.8) is 0 Å². The Balaban J connectivity index is 0.000000196. The van der Waals surface area contributed by atoms with E-state index in [0.29, 0.717) is 25.9 Å². The molecule has 2 spiro atoms. The van der Waals surface area contributed by atoms with Crippen LogP contribution in [0.5, 0.6) is 0 Å². The summed E-state index contributed by atoms with van der Waals surface area (Å²) < 4.78 is 32.6. The zero-order chi connectivity index (χ0) is 47.9. The number of hydrogen-bond acceptors (Lipinski definition) is 22. The predicted molar refractivity (Wildman–Crippen MR) is 217 cm³/mol. The minimum absolute atomic E-state index is 0.127. The van der Waals surface area contributed by atoms with E-state index in [2.05, 4.69) is 0 Å². The summed E-state index contributed by atoms with van der Waals surface area (Å²) in [4.78, 5) is 28.3. The van der Waals surface area contributed by atoms with Crippen molar-refractivity contribution in [2.24, 2.45) is 10.8 Å². The number of β-amino-alcohol motifs (C(OH)–C–C–N with tert-alkyl or cyclic N) is 2. The van der Waals surface area contributed by atoms with Crippen molar-refractivity contribution in [1.29, 1.82) is 0 Å². The Morgan fingerprint density at radius 1 is 0.530 bits per heavy atom. The number of carbonyl (C=O) groups excluding carboxylic acids is 2. The third-order valence-corrected chi connectivity index (χ3v) is 15.1. The van der Waals surface area contributed by atoms with Gasteiger partial charge in [-0.25, -0.2) is 0 Å². The van der Waals surface area contributed by atoms with Gasteiger partial charge in [-0.1, -0.05) is 38.5 Å². The van der Waals surface area contributed by atoms with E-state index in [1.165, 1.54) is 9.80 Å². The Hall–Kier alpha value is -1.86. The lowest BCUT2D eigenvalue weighted by atomic mass is 9.73. The molecule has 0 bridgehead atoms. The molecular weight excluding hydrogens is 884 g/mol. The predicted octanol–water partition coefficient (Wildman–Crippen LogP) is -6.41. The summed E-state index contributed by atoms with van der Waals surface area (Å²) in [5.74, 6) is -4.76. The van der Waals surface area contributed by atoms with Crippen molar-refractivity contribution < 1.29 is 110 Å². The highest BCUT2D eigenvalue weighted by molar-refractivity contribution is 5.80. The second-order valence-electron chi connectivity index (χ2n) is 19.9. The van der Waals surface area contributed by atoms with Crippen molar-refractivity contribution in [1.82, 2.24) is 9.80 Å². The fourth-order valence-electron chi connectivity index (χ4n) is 11.2. The molecule has 18 atom stereocenters. The normalized spacial score (nSPS) is 46.0. The van der Waals surface area contributed by atoms with Gasteiger partial charge in [0, 0.05) is 25.9 Å². The van der Waals surface area contributed by atoms with E-state index in [0.717, 1.165) is 64.2 Å². The average Bonchev–Trinajstić information content (AvgIpc) is 3.85. The fourth-order valence-corrected chi connectivity index (χ4v) is 11.2. The van der Waals surface area contributed by atoms with Crippen LogP contribution < -0.4 is 0 Å². The largest absolute Gasteiger partial charge is 0.394 e. The molecule has 380 valence electrons. The molecule has 8 fully saturated rings. The van der Waals surface area contributed by atoms with Crippen molar-refractivity contribution in [3.8, 4) is 0 Å². The number of likely N-dealkylation sites (tertiary alicyclic amines) is 2. The van der Waals surface area contributed by atoms with Crippen LogP contribution in [0.1, 0.15) is 77.0 Å². The van der Waals surface area contributed by atoms with Crippen molar-refractivity contribution in [2.45, 2.75) is 187 Å². The number of rotatable bonds is 11. The molecule has 6 heterocycles. The summed E-state index contributed by atoms with van der Waals surface area (Å²) in [6, 6.07) is 0. The first kappa shape index (κ1) is 52.0. The first-order chi connectivity index (χ1) is 31.2. The SMILES string of the molecule is O=C1CC2(CCCCC2)CN1CC1(O)OC[C@@H](O)[C@@H](O[C@@H]2O[C@H](CO)[C@H](O)[C@H](O)[C@H]2O)[C@@H]1O.O=C1CC2(CCCCC2)CN1CC1(O)O[C@H](CO)[C@@H](O[C@@H]2O[C@H](CO)[C@H](O)[C@H](O)[C@H]2O)[C@@H]1O. The molecule has 14 N–H and O–H groups in total. The third-order valence-electron chi connectivity index (χ3n) is 15.1. The number of amides is 2. The topological polar surface area (TPSA) is 379 Å². The summed E-state index contributed by atoms with van der Waals surface area (Å²) in [6.45, 7) is -2.16. The highest BCUT2D eigenvalue weighted by Gasteiger charge is 2.60. The van der Waals surface area contributed by atoms with Gasteiger partial charge in [0.05, 0.1) is 39.5 Å². The molecule has 2 saturated carbocycles. The zero-order valence-electron chi connectivity index (χ0n) is 36.8. The van der Waals surface area contributed by atoms with Crippen molar-refractivity contribution >= 4 is 11.8 Å². The summed E-state index contributed by atoms with van der Waals surface area (Å²) >= 11 is 0. The van der Waals surface area contributed by atoms with Gasteiger partial charge in [0.2, 0.25) is 23.4 Å². The molecule has 24 nitrogen and oxygen atoms in total. The lowest BCUT2D eigenvalue weighted by Gasteiger charge is -2.47. The Bertz CT molecular complexity index is 1550. The number of carbonyl (C=O) groups is 2. The van der Waals surface area contributed by atoms with Crippen LogP contribution in [0.25, 0.3) is 0 Å². The van der Waals surface area contributed by atoms with Crippen LogP contribution >= 0.6 is 0 Å². The second kappa shape index (κ2) is 20.8. The Morgan fingerprint density at radius 2 is 0.939 bits per heavy atom. The maximum absolute atomic E-state index is 12.7. The van der Waals surface area contributed by atoms with Crippen molar-refractivity contribution in [2.75, 3.05) is 52.6 Å². The zero-order valence-corrected chi connectivity index (χ0v) is 36.8. The fraction of sp³-hybridized carbons (Fsp3) is 0.952. The standard InChI is InChI=1S/2C21H35NO11/c23-7-12-14(26)15(27)16(28)19(32-12)33-17-11(24)8-31-21(30,18(17)29)10-22-9-20(6-13(22)25)4-2-1-3-5-20;23-7-11-14(26)15(27)16(28)19(31-11)32-17-12(8-24)33-21(30,18(17)29)10-22-9-20(6-13(22)25)4-2-1-3-5-20/h2*11-12,14-19,23-24,26-30H,1-10H2/t2*11-,12-,14+,15+,16-,17-,18+,19+,21?/m11/s1. The number of nitrogens with zero attached hydrogens (tertiary/aromatic N) is 2. The minimum Gasteiger partial charge on any atom is -0.394 e. The van der Waals surface area contributed by atoms with Gasteiger partial charge in [0.1, 0.15) is 85.5 Å². The molecule has 0 aromatic carbocycles. The Kier molecular flexibility index (Phi) is 16.4. The van der Waals surface area contributed by atoms with Gasteiger partial charge in [-0.2, -0.15) is 0 Å². The second-order valence-corrected chi connectivity index (χ2v) is 19.9. The highest BCUT2D eigenvalue weighted by Crippen LogP contribution is 2.47. The molecule has 8 aliphatic rings. The van der Waals surface area contributed by atoms with Crippen molar-refractivity contribution in [3.05, 3.63) is 0 Å². The van der Waals surface area contributed by atoms with Gasteiger partial charge in [0.25, 0.3) is 0 Å². The molecule has 2 amide bonds. The molecule has 6 saturated heterocycles. The molecule has 2 aliphatic carbocycles. The van der Waals surface area contributed by atoms with Crippen LogP contribution in [0, 0.1) is 10.8 Å². The first-order valence-electron chi connectivity index (χ1n) is 23.1. The Labute approximate surface area is 380 Å². The van der Waals surface area contributed by atoms with E-state index in [-0.39, 0.29) is 35.7 Å². The molecule has 24 heteroatoms. The van der Waals surface area contributed by atoms with Crippen LogP contribution in [0.3, 0.4) is 0 Å². The van der Waals surface area contributed by atoms with Crippen LogP contribution in [0.4, 0.5) is 0 Å². The monoisotopic (exact) mass is 954 g/mol. The van der Waals surface area contributed by atoms with Gasteiger partial charge in [0.15, 0.2) is 12.6 Å². The van der Waals surface area contributed by atoms with Gasteiger partial charge < -0.3 is 110 Å². The summed E-state index contributed by atoms with van der Waals surface area (Å²) in [5.41, 5.74) is -0.255. The number of ether oxygens (including phenoxy) is 6. The van der Waals surface area contributed by atoms with Crippen LogP contribution in [-0.4, -0.2) is 255 Å². The maximum atomic E-state index is 12.7. The summed E-state index contributed by atoms with van der Waals surface area (Å²) in [6.07, 6.45) is -13.9. The van der Waals surface area contributed by atoms with Gasteiger partial charge in [-0.3, -0.25) is 9.59 Å². The van der Waals surface area contributed by atoms with Gasteiger partial charge in [-0.05, 0) is 36.5 Å². The molecule has 0 radical (unpaired) electrons. The van der Waals surface area contributed by atoms with Crippen LogP contribution in [-0.2, 0) is 38.0 Å². The molecule has 0 aromatic heterocycles. The number of aliphatic hydroxyl groups excluding tert-OH is 12. The van der Waals surface area contributed by atoms with Gasteiger partial charge >= 0.3 is 0 Å². The Morgan fingerprint density at radius 3 is 1.38 bits per heavy atom. The molecule has 8 rings (SSSR count). The molecular formula is C42H70N2O22. The minimum atomic E-state index is -2.24. The van der Waals surface area contributed by atoms with E-state index >= 15 is 0 Å².